The molecular formula is C19H32N2. The molecule has 0 heterocycles. The zero-order chi connectivity index (χ0) is 15.4. The van der Waals surface area contributed by atoms with E-state index in [9.17, 15) is 0 Å². The summed E-state index contributed by atoms with van der Waals surface area (Å²) in [6.07, 6.45) is 6.01. The summed E-state index contributed by atoms with van der Waals surface area (Å²) in [6.45, 7) is 6.88. The van der Waals surface area contributed by atoms with Crippen LogP contribution in [0.3, 0.4) is 0 Å². The molecule has 1 atom stereocenters. The predicted molar refractivity (Wildman–Crippen MR) is 91.4 cm³/mol. The van der Waals surface area contributed by atoms with Crippen molar-refractivity contribution in [2.45, 2.75) is 71.0 Å². The van der Waals surface area contributed by atoms with Gasteiger partial charge >= 0.3 is 0 Å². The van der Waals surface area contributed by atoms with Gasteiger partial charge in [-0.1, -0.05) is 38.1 Å². The molecule has 1 saturated carbocycles. The summed E-state index contributed by atoms with van der Waals surface area (Å²) in [5.41, 5.74) is 8.90. The standard InChI is InChI=1S/C19H32N2/c1-14(2)13-16-5-7-17(8-6-16)15(3)21(4)19-11-9-18(20)10-12-19/h5-8,14-15,18-19H,9-13,20H2,1-4H3. The van der Waals surface area contributed by atoms with Crippen LogP contribution >= 0.6 is 0 Å². The first-order valence-electron chi connectivity index (χ1n) is 8.53. The molecule has 0 radical (unpaired) electrons. The zero-order valence-corrected chi connectivity index (χ0v) is 14.2. The highest BCUT2D eigenvalue weighted by molar-refractivity contribution is 5.25. The summed E-state index contributed by atoms with van der Waals surface area (Å²) in [7, 11) is 2.27. The minimum atomic E-state index is 0.431. The van der Waals surface area contributed by atoms with Crippen molar-refractivity contribution in [1.82, 2.24) is 4.90 Å². The van der Waals surface area contributed by atoms with Crippen molar-refractivity contribution >= 4 is 0 Å². The lowest BCUT2D eigenvalue weighted by Crippen LogP contribution is -2.39. The Hall–Kier alpha value is -0.860. The number of benzene rings is 1. The van der Waals surface area contributed by atoms with E-state index in [4.69, 9.17) is 5.73 Å². The van der Waals surface area contributed by atoms with Crippen LogP contribution in [0.25, 0.3) is 0 Å². The van der Waals surface area contributed by atoms with E-state index in [1.54, 1.807) is 0 Å². The molecule has 1 aromatic carbocycles. The zero-order valence-electron chi connectivity index (χ0n) is 14.2. The maximum atomic E-state index is 6.02. The van der Waals surface area contributed by atoms with Crippen LogP contribution < -0.4 is 5.73 Å². The molecule has 21 heavy (non-hydrogen) atoms. The van der Waals surface area contributed by atoms with Crippen molar-refractivity contribution in [3.8, 4) is 0 Å². The Morgan fingerprint density at radius 1 is 1.05 bits per heavy atom. The molecule has 0 spiro atoms. The normalized spacial score (nSPS) is 24.5. The summed E-state index contributed by atoms with van der Waals surface area (Å²) in [4.78, 5) is 2.54. The van der Waals surface area contributed by atoms with Gasteiger partial charge < -0.3 is 5.73 Å². The number of nitrogens with zero attached hydrogens (tertiary/aromatic N) is 1. The second-order valence-corrected chi connectivity index (χ2v) is 7.25. The van der Waals surface area contributed by atoms with E-state index in [2.05, 4.69) is 57.0 Å². The van der Waals surface area contributed by atoms with Gasteiger partial charge in [-0.2, -0.15) is 0 Å². The van der Waals surface area contributed by atoms with Crippen LogP contribution in [0.2, 0.25) is 0 Å². The molecule has 118 valence electrons. The minimum absolute atomic E-state index is 0.431. The molecule has 1 aromatic rings. The van der Waals surface area contributed by atoms with E-state index in [0.29, 0.717) is 18.1 Å². The van der Waals surface area contributed by atoms with Crippen LogP contribution in [0.1, 0.15) is 63.6 Å². The second kappa shape index (κ2) is 7.42. The van der Waals surface area contributed by atoms with Crippen LogP contribution in [0, 0.1) is 5.92 Å². The van der Waals surface area contributed by atoms with Gasteiger partial charge in [0.05, 0.1) is 0 Å². The molecule has 0 amide bonds. The molecule has 1 aliphatic rings. The lowest BCUT2D eigenvalue weighted by Gasteiger charge is -2.37. The van der Waals surface area contributed by atoms with Crippen molar-refractivity contribution in [3.63, 3.8) is 0 Å². The van der Waals surface area contributed by atoms with Gasteiger partial charge in [0.2, 0.25) is 0 Å². The first-order valence-corrected chi connectivity index (χ1v) is 8.53. The smallest absolute Gasteiger partial charge is 0.0319 e. The first kappa shape index (κ1) is 16.5. The third-order valence-electron chi connectivity index (χ3n) is 5.03. The number of hydrogen-bond acceptors (Lipinski definition) is 2. The second-order valence-electron chi connectivity index (χ2n) is 7.25. The Labute approximate surface area is 130 Å². The monoisotopic (exact) mass is 288 g/mol. The molecule has 2 nitrogen and oxygen atoms in total. The average molecular weight is 288 g/mol. The molecule has 2 heteroatoms. The molecule has 2 N–H and O–H groups in total. The fourth-order valence-corrected chi connectivity index (χ4v) is 3.46. The van der Waals surface area contributed by atoms with E-state index in [1.165, 1.54) is 43.2 Å². The van der Waals surface area contributed by atoms with Crippen molar-refractivity contribution in [1.29, 1.82) is 0 Å². The predicted octanol–water partition coefficient (Wildman–Crippen LogP) is 4.15. The van der Waals surface area contributed by atoms with E-state index in [0.717, 1.165) is 5.92 Å². The van der Waals surface area contributed by atoms with Crippen molar-refractivity contribution in [2.75, 3.05) is 7.05 Å². The molecular weight excluding hydrogens is 256 g/mol. The number of nitrogens with two attached hydrogens (primary N) is 1. The summed E-state index contributed by atoms with van der Waals surface area (Å²) < 4.78 is 0. The van der Waals surface area contributed by atoms with Gasteiger partial charge in [0.1, 0.15) is 0 Å². The van der Waals surface area contributed by atoms with Crippen LogP contribution in [0.5, 0.6) is 0 Å². The van der Waals surface area contributed by atoms with Gasteiger partial charge in [-0.05, 0) is 63.1 Å². The molecule has 0 saturated heterocycles. The van der Waals surface area contributed by atoms with Crippen molar-refractivity contribution in [2.24, 2.45) is 11.7 Å². The Kier molecular flexibility index (Phi) is 5.83. The molecule has 2 rings (SSSR count). The molecule has 0 aromatic heterocycles. The molecule has 1 aliphatic carbocycles. The van der Waals surface area contributed by atoms with E-state index in [1.807, 2.05) is 0 Å². The summed E-state index contributed by atoms with van der Waals surface area (Å²) >= 11 is 0. The summed E-state index contributed by atoms with van der Waals surface area (Å²) in [5.74, 6) is 0.724. The largest absolute Gasteiger partial charge is 0.328 e. The lowest BCUT2D eigenvalue weighted by molar-refractivity contribution is 0.140. The van der Waals surface area contributed by atoms with Crippen LogP contribution in [-0.2, 0) is 6.42 Å². The summed E-state index contributed by atoms with van der Waals surface area (Å²) in [5, 5.41) is 0. The number of rotatable bonds is 5. The number of hydrogen-bond donors (Lipinski definition) is 1. The minimum Gasteiger partial charge on any atom is -0.328 e. The van der Waals surface area contributed by atoms with Gasteiger partial charge in [0.15, 0.2) is 0 Å². The van der Waals surface area contributed by atoms with Crippen molar-refractivity contribution in [3.05, 3.63) is 35.4 Å². The molecule has 0 bridgehead atoms. The van der Waals surface area contributed by atoms with Crippen LogP contribution in [0.15, 0.2) is 24.3 Å². The third kappa shape index (κ3) is 4.55. The highest BCUT2D eigenvalue weighted by Gasteiger charge is 2.25. The Morgan fingerprint density at radius 3 is 2.14 bits per heavy atom. The van der Waals surface area contributed by atoms with E-state index >= 15 is 0 Å². The molecule has 1 fully saturated rings. The summed E-state index contributed by atoms with van der Waals surface area (Å²) in [6, 6.07) is 10.8. The fraction of sp³-hybridized carbons (Fsp3) is 0.684. The quantitative estimate of drug-likeness (QED) is 0.882. The van der Waals surface area contributed by atoms with Gasteiger partial charge in [0, 0.05) is 18.1 Å². The maximum Gasteiger partial charge on any atom is 0.0319 e. The van der Waals surface area contributed by atoms with Gasteiger partial charge in [0.25, 0.3) is 0 Å². The Balaban J connectivity index is 1.96. The highest BCUT2D eigenvalue weighted by Crippen LogP contribution is 2.28. The third-order valence-corrected chi connectivity index (χ3v) is 5.03. The average Bonchev–Trinajstić information content (AvgIpc) is 2.47. The van der Waals surface area contributed by atoms with Crippen LogP contribution in [0.4, 0.5) is 0 Å². The first-order chi connectivity index (χ1) is 9.97. The topological polar surface area (TPSA) is 29.3 Å². The Bertz CT molecular complexity index is 416. The fourth-order valence-electron chi connectivity index (χ4n) is 3.46. The van der Waals surface area contributed by atoms with Crippen LogP contribution in [-0.4, -0.2) is 24.0 Å². The van der Waals surface area contributed by atoms with E-state index in [-0.39, 0.29) is 0 Å². The van der Waals surface area contributed by atoms with Crippen molar-refractivity contribution < 1.29 is 0 Å². The van der Waals surface area contributed by atoms with E-state index < -0.39 is 0 Å². The molecule has 0 aliphatic heterocycles. The molecule has 1 unspecified atom stereocenters. The van der Waals surface area contributed by atoms with Gasteiger partial charge in [-0.15, -0.1) is 0 Å². The Morgan fingerprint density at radius 2 is 1.62 bits per heavy atom. The van der Waals surface area contributed by atoms with Gasteiger partial charge in [-0.25, -0.2) is 0 Å². The highest BCUT2D eigenvalue weighted by atomic mass is 15.2. The van der Waals surface area contributed by atoms with Gasteiger partial charge in [-0.3, -0.25) is 4.90 Å². The maximum absolute atomic E-state index is 6.02. The lowest BCUT2D eigenvalue weighted by atomic mass is 9.89. The SMILES string of the molecule is CC(C)Cc1ccc(C(C)N(C)C2CCC(N)CC2)cc1.